The first-order chi connectivity index (χ1) is 11.5. The van der Waals surface area contributed by atoms with E-state index in [0.717, 1.165) is 18.2 Å². The summed E-state index contributed by atoms with van der Waals surface area (Å²) in [4.78, 5) is 22.8. The van der Waals surface area contributed by atoms with Crippen molar-refractivity contribution in [2.45, 2.75) is 6.18 Å². The van der Waals surface area contributed by atoms with Gasteiger partial charge in [-0.15, -0.1) is 0 Å². The highest BCUT2D eigenvalue weighted by atomic mass is 35.5. The second-order valence-corrected chi connectivity index (χ2v) is 5.74. The van der Waals surface area contributed by atoms with Crippen LogP contribution in [-0.4, -0.2) is 15.0 Å². The number of nitrogens with zero attached hydrogens (tertiary/aromatic N) is 2. The summed E-state index contributed by atoms with van der Waals surface area (Å²) >= 11 is 16.6. The number of halogens is 7. The Morgan fingerprint density at radius 1 is 1.20 bits per heavy atom. The smallest absolute Gasteiger partial charge is 0.275 e. The Morgan fingerprint density at radius 2 is 1.84 bits per heavy atom. The van der Waals surface area contributed by atoms with Crippen molar-refractivity contribution in [2.24, 2.45) is 0 Å². The molecule has 0 radical (unpaired) electrons. The van der Waals surface area contributed by atoms with E-state index in [2.05, 4.69) is 5.10 Å². The summed E-state index contributed by atoms with van der Waals surface area (Å²) in [7, 11) is 0. The predicted molar refractivity (Wildman–Crippen MR) is 84.5 cm³/mol. The van der Waals surface area contributed by atoms with Crippen molar-refractivity contribution in [3.63, 3.8) is 0 Å². The fourth-order valence-electron chi connectivity index (χ4n) is 1.76. The van der Waals surface area contributed by atoms with Crippen LogP contribution < -0.4 is 5.56 Å². The molecule has 0 amide bonds. The number of benzene rings is 1. The molecule has 0 aliphatic heterocycles. The SMILES string of the molecule is O=C(Cl)C(Cl)=Cc1cc(-n2ncc(C(F)(F)F)cc2=O)c(F)cc1Cl. The van der Waals surface area contributed by atoms with Gasteiger partial charge in [-0.25, -0.2) is 4.39 Å². The van der Waals surface area contributed by atoms with E-state index < -0.39 is 39.1 Å². The van der Waals surface area contributed by atoms with Crippen LogP contribution in [0.25, 0.3) is 11.8 Å². The van der Waals surface area contributed by atoms with Gasteiger partial charge in [0.05, 0.1) is 16.8 Å². The molecule has 0 atom stereocenters. The fourth-order valence-corrected chi connectivity index (χ4v) is 2.14. The second kappa shape index (κ2) is 7.15. The third-order valence-corrected chi connectivity index (χ3v) is 3.80. The summed E-state index contributed by atoms with van der Waals surface area (Å²) in [5.41, 5.74) is -2.98. The molecule has 2 aromatic rings. The van der Waals surface area contributed by atoms with Crippen LogP contribution in [0.5, 0.6) is 0 Å². The lowest BCUT2D eigenvalue weighted by Crippen LogP contribution is -2.24. The Labute approximate surface area is 152 Å². The third kappa shape index (κ3) is 4.39. The first kappa shape index (κ1) is 19.4. The van der Waals surface area contributed by atoms with Crippen molar-refractivity contribution in [1.82, 2.24) is 9.78 Å². The number of carbonyl (C=O) groups is 1. The van der Waals surface area contributed by atoms with Crippen molar-refractivity contribution in [2.75, 3.05) is 0 Å². The molecule has 0 N–H and O–H groups in total. The van der Waals surface area contributed by atoms with Gasteiger partial charge in [-0.2, -0.15) is 23.0 Å². The van der Waals surface area contributed by atoms with E-state index in [1.807, 2.05) is 0 Å². The van der Waals surface area contributed by atoms with Gasteiger partial charge in [0.25, 0.3) is 10.8 Å². The van der Waals surface area contributed by atoms with Gasteiger partial charge in [0, 0.05) is 6.07 Å². The molecule has 25 heavy (non-hydrogen) atoms. The van der Waals surface area contributed by atoms with Gasteiger partial charge in [0.1, 0.15) is 10.7 Å². The molecule has 1 heterocycles. The average molecular weight is 416 g/mol. The topological polar surface area (TPSA) is 52.0 Å². The Hall–Kier alpha value is -1.90. The minimum Gasteiger partial charge on any atom is -0.275 e. The van der Waals surface area contributed by atoms with Crippen LogP contribution in [0.4, 0.5) is 17.6 Å². The van der Waals surface area contributed by atoms with Gasteiger partial charge in [0.2, 0.25) is 0 Å². The maximum atomic E-state index is 14.1. The number of hydrogen-bond acceptors (Lipinski definition) is 3. The van der Waals surface area contributed by atoms with E-state index >= 15 is 0 Å². The quantitative estimate of drug-likeness (QED) is 0.424. The van der Waals surface area contributed by atoms with Crippen LogP contribution >= 0.6 is 34.8 Å². The van der Waals surface area contributed by atoms with E-state index in [1.165, 1.54) is 0 Å². The Balaban J connectivity index is 2.63. The Kier molecular flexibility index (Phi) is 5.55. The van der Waals surface area contributed by atoms with Crippen LogP contribution in [0.15, 0.2) is 34.2 Å². The van der Waals surface area contributed by atoms with E-state index in [0.29, 0.717) is 10.9 Å². The standard InChI is InChI=1S/C14H5Cl3F4N2O2/c15-8-4-10(18)11(2-6(8)1-9(16)13(17)25)23-12(24)3-7(5-22-23)14(19,20)21/h1-5H. The van der Waals surface area contributed by atoms with Gasteiger partial charge >= 0.3 is 6.18 Å². The maximum absolute atomic E-state index is 14.1. The highest BCUT2D eigenvalue weighted by Crippen LogP contribution is 2.28. The third-order valence-electron chi connectivity index (χ3n) is 2.89. The molecule has 1 aromatic carbocycles. The summed E-state index contributed by atoms with van der Waals surface area (Å²) in [6, 6.07) is 2.05. The number of hydrogen-bond donors (Lipinski definition) is 0. The van der Waals surface area contributed by atoms with Crippen LogP contribution in [0.1, 0.15) is 11.1 Å². The number of carbonyl (C=O) groups excluding carboxylic acids is 1. The van der Waals surface area contributed by atoms with Crippen LogP contribution in [0, 0.1) is 5.82 Å². The zero-order valence-electron chi connectivity index (χ0n) is 11.7. The largest absolute Gasteiger partial charge is 0.418 e. The number of rotatable bonds is 3. The number of allylic oxidation sites excluding steroid dienone is 1. The van der Waals surface area contributed by atoms with Gasteiger partial charge in [-0.05, 0) is 35.4 Å². The molecule has 0 spiro atoms. The lowest BCUT2D eigenvalue weighted by molar-refractivity contribution is -0.138. The summed E-state index contributed by atoms with van der Waals surface area (Å²) in [5.74, 6) is -1.02. The molecule has 0 fully saturated rings. The van der Waals surface area contributed by atoms with Crippen molar-refractivity contribution >= 4 is 46.1 Å². The molecule has 11 heteroatoms. The summed E-state index contributed by atoms with van der Waals surface area (Å²) in [5, 5.41) is 1.70. The molecular formula is C14H5Cl3F4N2O2. The lowest BCUT2D eigenvalue weighted by atomic mass is 10.1. The molecular weight excluding hydrogens is 411 g/mol. The van der Waals surface area contributed by atoms with Crippen molar-refractivity contribution < 1.29 is 22.4 Å². The molecule has 0 unspecified atom stereocenters. The molecule has 4 nitrogen and oxygen atoms in total. The lowest BCUT2D eigenvalue weighted by Gasteiger charge is -2.10. The van der Waals surface area contributed by atoms with Crippen molar-refractivity contribution in [3.8, 4) is 5.69 Å². The predicted octanol–water partition coefficient (Wildman–Crippen LogP) is 4.39. The number of aromatic nitrogens is 2. The first-order valence-corrected chi connectivity index (χ1v) is 7.37. The van der Waals surface area contributed by atoms with E-state index in [1.54, 1.807) is 0 Å². The van der Waals surface area contributed by atoms with Gasteiger partial charge in [-0.3, -0.25) is 9.59 Å². The minimum atomic E-state index is -4.77. The van der Waals surface area contributed by atoms with Crippen LogP contribution in [0.3, 0.4) is 0 Å². The molecule has 0 bridgehead atoms. The Bertz CT molecular complexity index is 939. The first-order valence-electron chi connectivity index (χ1n) is 6.23. The number of alkyl halides is 3. The minimum absolute atomic E-state index is 0.00524. The monoisotopic (exact) mass is 414 g/mol. The highest BCUT2D eigenvalue weighted by Gasteiger charge is 2.31. The Morgan fingerprint density at radius 3 is 2.36 bits per heavy atom. The molecule has 0 saturated heterocycles. The molecule has 0 aliphatic rings. The molecule has 1 aromatic heterocycles. The molecule has 132 valence electrons. The summed E-state index contributed by atoms with van der Waals surface area (Å²) in [6.45, 7) is 0. The van der Waals surface area contributed by atoms with E-state index in [-0.39, 0.29) is 16.7 Å². The molecule has 2 rings (SSSR count). The van der Waals surface area contributed by atoms with E-state index in [9.17, 15) is 27.2 Å². The van der Waals surface area contributed by atoms with Crippen LogP contribution in [0.2, 0.25) is 5.02 Å². The maximum Gasteiger partial charge on any atom is 0.418 e. The average Bonchev–Trinajstić information content (AvgIpc) is 2.49. The second-order valence-electron chi connectivity index (χ2n) is 4.58. The van der Waals surface area contributed by atoms with Crippen molar-refractivity contribution in [1.29, 1.82) is 0 Å². The summed E-state index contributed by atoms with van der Waals surface area (Å²) in [6.07, 6.45) is -3.39. The summed E-state index contributed by atoms with van der Waals surface area (Å²) < 4.78 is 52.2. The van der Waals surface area contributed by atoms with Crippen molar-refractivity contribution in [3.05, 3.63) is 61.7 Å². The zero-order valence-corrected chi connectivity index (χ0v) is 14.0. The zero-order chi connectivity index (χ0) is 18.9. The fraction of sp³-hybridized carbons (Fsp3) is 0.0714. The van der Waals surface area contributed by atoms with Crippen LogP contribution in [-0.2, 0) is 11.0 Å². The highest BCUT2D eigenvalue weighted by molar-refractivity contribution is 6.74. The van der Waals surface area contributed by atoms with E-state index in [4.69, 9.17) is 34.8 Å². The van der Waals surface area contributed by atoms with Gasteiger partial charge in [0.15, 0.2) is 5.82 Å². The normalized spacial score (nSPS) is 12.4. The molecule has 0 saturated carbocycles. The molecule has 0 aliphatic carbocycles. The van der Waals surface area contributed by atoms with Gasteiger partial charge in [-0.1, -0.05) is 23.2 Å². The van der Waals surface area contributed by atoms with Gasteiger partial charge < -0.3 is 0 Å².